The van der Waals surface area contributed by atoms with Crippen LogP contribution in [0.5, 0.6) is 5.75 Å². The van der Waals surface area contributed by atoms with Crippen molar-refractivity contribution >= 4 is 27.3 Å². The zero-order valence-electron chi connectivity index (χ0n) is 10.9. The number of thiophene rings is 1. The Morgan fingerprint density at radius 1 is 1.26 bits per heavy atom. The van der Waals surface area contributed by atoms with Gasteiger partial charge in [-0.15, -0.1) is 0 Å². The number of hydrogen-bond acceptors (Lipinski definition) is 3. The van der Waals surface area contributed by atoms with Gasteiger partial charge >= 0.3 is 0 Å². The Balaban J connectivity index is 2.00. The highest BCUT2D eigenvalue weighted by molar-refractivity contribution is 9.10. The summed E-state index contributed by atoms with van der Waals surface area (Å²) in [5.74, 6) is 0.914. The van der Waals surface area contributed by atoms with Gasteiger partial charge in [0.15, 0.2) is 0 Å². The van der Waals surface area contributed by atoms with Crippen LogP contribution >= 0.6 is 27.3 Å². The third-order valence-corrected chi connectivity index (χ3v) is 4.57. The van der Waals surface area contributed by atoms with E-state index in [4.69, 9.17) is 4.74 Å². The number of rotatable bonds is 7. The summed E-state index contributed by atoms with van der Waals surface area (Å²) in [6, 6.07) is 10.2. The Labute approximate surface area is 126 Å². The van der Waals surface area contributed by atoms with Crippen LogP contribution in [-0.4, -0.2) is 13.2 Å². The van der Waals surface area contributed by atoms with E-state index in [2.05, 4.69) is 38.9 Å². The van der Waals surface area contributed by atoms with E-state index in [0.29, 0.717) is 6.61 Å². The molecule has 0 bridgehead atoms. The summed E-state index contributed by atoms with van der Waals surface area (Å²) in [4.78, 5) is 0. The molecule has 1 heterocycles. The van der Waals surface area contributed by atoms with Crippen LogP contribution in [0.4, 0.5) is 0 Å². The molecule has 0 spiro atoms. The van der Waals surface area contributed by atoms with Crippen LogP contribution in [0.2, 0.25) is 0 Å². The molecule has 1 aromatic carbocycles. The summed E-state index contributed by atoms with van der Waals surface area (Å²) in [5, 5.41) is 7.82. The number of nitrogens with one attached hydrogen (secondary N) is 1. The second kappa shape index (κ2) is 7.68. The van der Waals surface area contributed by atoms with Gasteiger partial charge in [0.2, 0.25) is 0 Å². The van der Waals surface area contributed by atoms with Crippen LogP contribution < -0.4 is 10.1 Å². The first-order valence-corrected chi connectivity index (χ1v) is 8.17. The van der Waals surface area contributed by atoms with Crippen molar-refractivity contribution in [3.05, 3.63) is 51.1 Å². The molecule has 1 aromatic heterocycles. The van der Waals surface area contributed by atoms with Crippen LogP contribution in [0.25, 0.3) is 0 Å². The Kier molecular flexibility index (Phi) is 5.89. The lowest BCUT2D eigenvalue weighted by Gasteiger charge is -2.19. The zero-order chi connectivity index (χ0) is 13.5. The van der Waals surface area contributed by atoms with E-state index in [0.717, 1.165) is 23.2 Å². The normalized spacial score (nSPS) is 12.3. The molecule has 0 saturated heterocycles. The van der Waals surface area contributed by atoms with Gasteiger partial charge in [-0.3, -0.25) is 0 Å². The largest absolute Gasteiger partial charge is 0.492 e. The molecule has 0 aliphatic carbocycles. The summed E-state index contributed by atoms with van der Waals surface area (Å²) < 4.78 is 7.02. The number of halogens is 1. The molecule has 2 nitrogen and oxygen atoms in total. The summed E-state index contributed by atoms with van der Waals surface area (Å²) in [5.41, 5.74) is 1.27. The number of ether oxygens (including phenoxy) is 1. The molecule has 0 fully saturated rings. The standard InChI is InChI=1S/C15H18BrNOS/c1-2-8-17-15(13-10-19-11-14(13)16)9-18-12-6-4-3-5-7-12/h3-7,10-11,15,17H,2,8-9H2,1H3. The number of benzene rings is 1. The van der Waals surface area contributed by atoms with Gasteiger partial charge in [0.25, 0.3) is 0 Å². The highest BCUT2D eigenvalue weighted by Gasteiger charge is 2.15. The van der Waals surface area contributed by atoms with E-state index in [1.165, 1.54) is 5.56 Å². The molecular formula is C15H18BrNOS. The molecule has 0 saturated carbocycles. The predicted molar refractivity (Wildman–Crippen MR) is 85.0 cm³/mol. The van der Waals surface area contributed by atoms with Crippen molar-refractivity contribution in [3.63, 3.8) is 0 Å². The third-order valence-electron chi connectivity index (χ3n) is 2.82. The maximum atomic E-state index is 5.87. The van der Waals surface area contributed by atoms with Crippen molar-refractivity contribution in [1.29, 1.82) is 0 Å². The van der Waals surface area contributed by atoms with Crippen molar-refractivity contribution in [2.75, 3.05) is 13.2 Å². The van der Waals surface area contributed by atoms with E-state index >= 15 is 0 Å². The van der Waals surface area contributed by atoms with Gasteiger partial charge in [-0.25, -0.2) is 0 Å². The highest BCUT2D eigenvalue weighted by Crippen LogP contribution is 2.28. The van der Waals surface area contributed by atoms with E-state index in [9.17, 15) is 0 Å². The fourth-order valence-corrected chi connectivity index (χ4v) is 3.44. The van der Waals surface area contributed by atoms with Crippen LogP contribution in [0.3, 0.4) is 0 Å². The Morgan fingerprint density at radius 2 is 2.05 bits per heavy atom. The summed E-state index contributed by atoms with van der Waals surface area (Å²) in [6.07, 6.45) is 1.11. The van der Waals surface area contributed by atoms with Crippen molar-refractivity contribution < 1.29 is 4.74 Å². The van der Waals surface area contributed by atoms with E-state index < -0.39 is 0 Å². The predicted octanol–water partition coefficient (Wildman–Crippen LogP) is 4.63. The molecule has 0 amide bonds. The van der Waals surface area contributed by atoms with Crippen LogP contribution in [0.15, 0.2) is 45.6 Å². The Bertz CT molecular complexity index is 486. The molecule has 2 rings (SSSR count). The van der Waals surface area contributed by atoms with Crippen molar-refractivity contribution in [1.82, 2.24) is 5.32 Å². The Hall–Kier alpha value is -0.840. The molecule has 102 valence electrons. The van der Waals surface area contributed by atoms with Crippen LogP contribution in [-0.2, 0) is 0 Å². The van der Waals surface area contributed by atoms with Gasteiger partial charge < -0.3 is 10.1 Å². The summed E-state index contributed by atoms with van der Waals surface area (Å²) >= 11 is 5.31. The fourth-order valence-electron chi connectivity index (χ4n) is 1.81. The third kappa shape index (κ3) is 4.34. The highest BCUT2D eigenvalue weighted by atomic mass is 79.9. The van der Waals surface area contributed by atoms with Crippen molar-refractivity contribution in [3.8, 4) is 5.75 Å². The first kappa shape index (κ1) is 14.6. The van der Waals surface area contributed by atoms with Crippen molar-refractivity contribution in [2.45, 2.75) is 19.4 Å². The lowest BCUT2D eigenvalue weighted by atomic mass is 10.1. The quantitative estimate of drug-likeness (QED) is 0.793. The topological polar surface area (TPSA) is 21.3 Å². The van der Waals surface area contributed by atoms with Crippen LogP contribution in [0.1, 0.15) is 24.9 Å². The summed E-state index contributed by atoms with van der Waals surface area (Å²) in [6.45, 7) is 3.80. The van der Waals surface area contributed by atoms with Crippen LogP contribution in [0, 0.1) is 0 Å². The van der Waals surface area contributed by atoms with Crippen molar-refractivity contribution in [2.24, 2.45) is 0 Å². The SMILES string of the molecule is CCCNC(COc1ccccc1)c1cscc1Br. The molecule has 0 aliphatic rings. The second-order valence-corrected chi connectivity index (χ2v) is 5.90. The monoisotopic (exact) mass is 339 g/mol. The molecule has 1 N–H and O–H groups in total. The lowest BCUT2D eigenvalue weighted by Crippen LogP contribution is -2.27. The molecule has 2 aromatic rings. The maximum absolute atomic E-state index is 5.87. The van der Waals surface area contributed by atoms with Gasteiger partial charge in [0.1, 0.15) is 12.4 Å². The molecule has 1 atom stereocenters. The van der Waals surface area contributed by atoms with Gasteiger partial charge in [0.05, 0.1) is 6.04 Å². The summed E-state index contributed by atoms with van der Waals surface area (Å²) in [7, 11) is 0. The molecular weight excluding hydrogens is 322 g/mol. The minimum Gasteiger partial charge on any atom is -0.492 e. The minimum atomic E-state index is 0.223. The van der Waals surface area contributed by atoms with Gasteiger partial charge in [-0.2, -0.15) is 11.3 Å². The second-order valence-electron chi connectivity index (χ2n) is 4.31. The van der Waals surface area contributed by atoms with E-state index in [1.807, 2.05) is 30.3 Å². The average molecular weight is 340 g/mol. The van der Waals surface area contributed by atoms with Gasteiger partial charge in [-0.1, -0.05) is 25.1 Å². The smallest absolute Gasteiger partial charge is 0.119 e. The molecule has 1 unspecified atom stereocenters. The fraction of sp³-hybridized carbons (Fsp3) is 0.333. The molecule has 0 radical (unpaired) electrons. The minimum absolute atomic E-state index is 0.223. The van der Waals surface area contributed by atoms with E-state index in [1.54, 1.807) is 11.3 Å². The molecule has 0 aliphatic heterocycles. The molecule has 19 heavy (non-hydrogen) atoms. The number of hydrogen-bond donors (Lipinski definition) is 1. The first-order chi connectivity index (χ1) is 9.31. The number of para-hydroxylation sites is 1. The Morgan fingerprint density at radius 3 is 2.68 bits per heavy atom. The first-order valence-electron chi connectivity index (χ1n) is 6.44. The van der Waals surface area contributed by atoms with Gasteiger partial charge in [-0.05, 0) is 52.0 Å². The lowest BCUT2D eigenvalue weighted by molar-refractivity contribution is 0.266. The van der Waals surface area contributed by atoms with Gasteiger partial charge in [0, 0.05) is 9.85 Å². The zero-order valence-corrected chi connectivity index (χ0v) is 13.3. The van der Waals surface area contributed by atoms with E-state index in [-0.39, 0.29) is 6.04 Å². The molecule has 4 heteroatoms. The average Bonchev–Trinajstić information content (AvgIpc) is 2.86. The maximum Gasteiger partial charge on any atom is 0.119 e.